The number of benzene rings is 1. The van der Waals surface area contributed by atoms with Gasteiger partial charge in [0, 0.05) is 18.5 Å². The molecule has 0 radical (unpaired) electrons. The van der Waals surface area contributed by atoms with Crippen LogP contribution in [0.4, 0.5) is 0 Å². The molecule has 19 heavy (non-hydrogen) atoms. The molecule has 4 heteroatoms. The predicted octanol–water partition coefficient (Wildman–Crippen LogP) is 1.85. The molecule has 1 heterocycles. The Morgan fingerprint density at radius 2 is 1.89 bits per heavy atom. The summed E-state index contributed by atoms with van der Waals surface area (Å²) in [6.45, 7) is 2.41. The summed E-state index contributed by atoms with van der Waals surface area (Å²) in [6, 6.07) is 6.08. The molecule has 0 unspecified atom stereocenters. The monoisotopic (exact) mass is 263 g/mol. The number of ether oxygens (including phenoxy) is 2. The molecule has 3 rings (SSSR count). The Morgan fingerprint density at radius 3 is 2.58 bits per heavy atom. The Bertz CT molecular complexity index is 438. The summed E-state index contributed by atoms with van der Waals surface area (Å²) in [5, 5.41) is 12.9. The van der Waals surface area contributed by atoms with E-state index in [2.05, 4.69) is 11.4 Å². The summed E-state index contributed by atoms with van der Waals surface area (Å²) >= 11 is 0. The second kappa shape index (κ2) is 5.39. The lowest BCUT2D eigenvalue weighted by Crippen LogP contribution is -2.53. The zero-order valence-electron chi connectivity index (χ0n) is 11.2. The smallest absolute Gasteiger partial charge is 0.161 e. The van der Waals surface area contributed by atoms with Crippen LogP contribution in [0.2, 0.25) is 0 Å². The van der Waals surface area contributed by atoms with Gasteiger partial charge in [-0.2, -0.15) is 0 Å². The van der Waals surface area contributed by atoms with Gasteiger partial charge in [-0.3, -0.25) is 0 Å². The predicted molar refractivity (Wildman–Crippen MR) is 72.6 cm³/mol. The third kappa shape index (κ3) is 2.69. The highest BCUT2D eigenvalue weighted by molar-refractivity contribution is 5.43. The standard InChI is InChI=1S/C15H21NO3/c17-11-15(5-1-6-15)16-10-12-3-4-13-14(9-12)19-8-2-7-18-13/h3-4,9,16-17H,1-2,5-8,10-11H2. The van der Waals surface area contributed by atoms with Crippen LogP contribution in [0.5, 0.6) is 11.5 Å². The molecule has 1 fully saturated rings. The molecule has 4 nitrogen and oxygen atoms in total. The van der Waals surface area contributed by atoms with Crippen LogP contribution >= 0.6 is 0 Å². The molecule has 2 aliphatic rings. The minimum atomic E-state index is -0.0514. The normalized spacial score (nSPS) is 20.5. The largest absolute Gasteiger partial charge is 0.490 e. The molecule has 0 amide bonds. The molecule has 0 spiro atoms. The van der Waals surface area contributed by atoms with Crippen LogP contribution in [0, 0.1) is 0 Å². The Labute approximate surface area is 113 Å². The second-order valence-corrected chi connectivity index (χ2v) is 5.48. The van der Waals surface area contributed by atoms with Crippen molar-refractivity contribution in [1.82, 2.24) is 5.32 Å². The van der Waals surface area contributed by atoms with Crippen LogP contribution in [0.3, 0.4) is 0 Å². The maximum atomic E-state index is 9.44. The topological polar surface area (TPSA) is 50.7 Å². The minimum Gasteiger partial charge on any atom is -0.490 e. The van der Waals surface area contributed by atoms with Gasteiger partial charge in [0.25, 0.3) is 0 Å². The molecule has 1 aromatic carbocycles. The van der Waals surface area contributed by atoms with E-state index < -0.39 is 0 Å². The van der Waals surface area contributed by atoms with E-state index in [1.54, 1.807) is 0 Å². The maximum absolute atomic E-state index is 9.44. The SMILES string of the molecule is OCC1(NCc2ccc3c(c2)OCCCO3)CCC1. The molecule has 104 valence electrons. The van der Waals surface area contributed by atoms with Gasteiger partial charge in [0.15, 0.2) is 11.5 Å². The Morgan fingerprint density at radius 1 is 1.11 bits per heavy atom. The Balaban J connectivity index is 1.66. The first-order valence-electron chi connectivity index (χ1n) is 7.06. The van der Waals surface area contributed by atoms with Crippen LogP contribution in [-0.2, 0) is 6.54 Å². The number of hydrogen-bond acceptors (Lipinski definition) is 4. The van der Waals surface area contributed by atoms with Crippen molar-refractivity contribution in [1.29, 1.82) is 0 Å². The van der Waals surface area contributed by atoms with Crippen LogP contribution in [0.1, 0.15) is 31.2 Å². The van der Waals surface area contributed by atoms with Crippen LogP contribution in [0.25, 0.3) is 0 Å². The molecule has 0 atom stereocenters. The Hall–Kier alpha value is -1.26. The molecule has 0 saturated heterocycles. The molecule has 1 aliphatic heterocycles. The number of aliphatic hydroxyl groups is 1. The van der Waals surface area contributed by atoms with Crippen molar-refractivity contribution in [3.8, 4) is 11.5 Å². The molecule has 1 saturated carbocycles. The lowest BCUT2D eigenvalue weighted by Gasteiger charge is -2.41. The van der Waals surface area contributed by atoms with Gasteiger partial charge >= 0.3 is 0 Å². The lowest BCUT2D eigenvalue weighted by atomic mass is 9.77. The molecule has 2 N–H and O–H groups in total. The number of nitrogens with one attached hydrogen (secondary N) is 1. The maximum Gasteiger partial charge on any atom is 0.161 e. The number of aliphatic hydroxyl groups excluding tert-OH is 1. The molecule has 1 aliphatic carbocycles. The number of hydrogen-bond donors (Lipinski definition) is 2. The first kappa shape index (κ1) is 12.8. The summed E-state index contributed by atoms with van der Waals surface area (Å²) in [7, 11) is 0. The van der Waals surface area contributed by atoms with E-state index in [0.717, 1.165) is 43.9 Å². The highest BCUT2D eigenvalue weighted by atomic mass is 16.5. The molecular formula is C15H21NO3. The fourth-order valence-corrected chi connectivity index (χ4v) is 2.60. The van der Waals surface area contributed by atoms with Crippen molar-refractivity contribution >= 4 is 0 Å². The van der Waals surface area contributed by atoms with Gasteiger partial charge < -0.3 is 19.9 Å². The molecule has 0 bridgehead atoms. The van der Waals surface area contributed by atoms with Crippen molar-refractivity contribution in [3.05, 3.63) is 23.8 Å². The summed E-state index contributed by atoms with van der Waals surface area (Å²) in [5.41, 5.74) is 1.12. The second-order valence-electron chi connectivity index (χ2n) is 5.48. The van der Waals surface area contributed by atoms with Crippen molar-refractivity contribution in [2.45, 2.75) is 37.8 Å². The van der Waals surface area contributed by atoms with E-state index in [1.165, 1.54) is 12.0 Å². The van der Waals surface area contributed by atoms with Gasteiger partial charge in [-0.1, -0.05) is 6.07 Å². The van der Waals surface area contributed by atoms with Crippen LogP contribution < -0.4 is 14.8 Å². The first-order chi connectivity index (χ1) is 9.31. The fraction of sp³-hybridized carbons (Fsp3) is 0.600. The van der Waals surface area contributed by atoms with E-state index in [-0.39, 0.29) is 12.1 Å². The van der Waals surface area contributed by atoms with E-state index in [9.17, 15) is 5.11 Å². The average Bonchev–Trinajstić information content (AvgIpc) is 2.62. The van der Waals surface area contributed by atoms with Crippen molar-refractivity contribution in [2.75, 3.05) is 19.8 Å². The summed E-state index contributed by atoms with van der Waals surface area (Å²) in [6.07, 6.45) is 4.26. The quantitative estimate of drug-likeness (QED) is 0.870. The minimum absolute atomic E-state index is 0.0514. The molecular weight excluding hydrogens is 242 g/mol. The van der Waals surface area contributed by atoms with E-state index in [0.29, 0.717) is 6.61 Å². The average molecular weight is 263 g/mol. The lowest BCUT2D eigenvalue weighted by molar-refractivity contribution is 0.0872. The van der Waals surface area contributed by atoms with E-state index >= 15 is 0 Å². The molecule has 0 aromatic heterocycles. The highest BCUT2D eigenvalue weighted by Gasteiger charge is 2.35. The Kier molecular flexibility index (Phi) is 3.62. The fourth-order valence-electron chi connectivity index (χ4n) is 2.60. The number of fused-ring (bicyclic) bond motifs is 1. The highest BCUT2D eigenvalue weighted by Crippen LogP contribution is 2.33. The third-order valence-corrected chi connectivity index (χ3v) is 4.09. The van der Waals surface area contributed by atoms with Gasteiger partial charge in [-0.05, 0) is 37.0 Å². The van der Waals surface area contributed by atoms with Crippen LogP contribution in [0.15, 0.2) is 18.2 Å². The van der Waals surface area contributed by atoms with Gasteiger partial charge in [-0.15, -0.1) is 0 Å². The van der Waals surface area contributed by atoms with Gasteiger partial charge in [0.2, 0.25) is 0 Å². The third-order valence-electron chi connectivity index (χ3n) is 4.09. The molecule has 1 aromatic rings. The number of rotatable bonds is 4. The van der Waals surface area contributed by atoms with E-state index in [1.807, 2.05) is 12.1 Å². The van der Waals surface area contributed by atoms with Gasteiger partial charge in [0.05, 0.1) is 19.8 Å². The van der Waals surface area contributed by atoms with Crippen molar-refractivity contribution < 1.29 is 14.6 Å². The summed E-state index contributed by atoms with van der Waals surface area (Å²) < 4.78 is 11.3. The zero-order valence-corrected chi connectivity index (χ0v) is 11.2. The van der Waals surface area contributed by atoms with Crippen LogP contribution in [-0.4, -0.2) is 30.5 Å². The van der Waals surface area contributed by atoms with Crippen molar-refractivity contribution in [3.63, 3.8) is 0 Å². The summed E-state index contributed by atoms with van der Waals surface area (Å²) in [4.78, 5) is 0. The first-order valence-corrected chi connectivity index (χ1v) is 7.06. The van der Waals surface area contributed by atoms with E-state index in [4.69, 9.17) is 9.47 Å². The zero-order chi connectivity index (χ0) is 13.1. The van der Waals surface area contributed by atoms with Gasteiger partial charge in [-0.25, -0.2) is 0 Å². The van der Waals surface area contributed by atoms with Crippen molar-refractivity contribution in [2.24, 2.45) is 0 Å². The van der Waals surface area contributed by atoms with Gasteiger partial charge in [0.1, 0.15) is 0 Å². The summed E-state index contributed by atoms with van der Waals surface area (Å²) in [5.74, 6) is 1.67.